The predicted octanol–water partition coefficient (Wildman–Crippen LogP) is 1.99. The minimum absolute atomic E-state index is 0.204. The highest BCUT2D eigenvalue weighted by atomic mass is 15.1. The number of fused-ring (bicyclic) bond motifs is 1. The molecule has 1 aliphatic rings. The molecule has 4 nitrogen and oxygen atoms in total. The van der Waals surface area contributed by atoms with Crippen molar-refractivity contribution in [2.45, 2.75) is 39.0 Å². The molecule has 1 N–H and O–H groups in total. The number of rotatable bonds is 1. The van der Waals surface area contributed by atoms with Gasteiger partial charge in [-0.3, -0.25) is 4.40 Å². The van der Waals surface area contributed by atoms with E-state index in [0.717, 1.165) is 43.1 Å². The van der Waals surface area contributed by atoms with Crippen LogP contribution in [0, 0.1) is 13.8 Å². The van der Waals surface area contributed by atoms with Gasteiger partial charge < -0.3 is 5.32 Å². The van der Waals surface area contributed by atoms with Gasteiger partial charge in [-0.1, -0.05) is 6.92 Å². The van der Waals surface area contributed by atoms with Crippen LogP contribution >= 0.6 is 0 Å². The van der Waals surface area contributed by atoms with Gasteiger partial charge in [0.15, 0.2) is 0 Å². The quantitative estimate of drug-likeness (QED) is 0.834. The first kappa shape index (κ1) is 11.7. The molecule has 18 heavy (non-hydrogen) atoms. The molecule has 0 atom stereocenters. The van der Waals surface area contributed by atoms with Crippen molar-refractivity contribution in [1.29, 1.82) is 0 Å². The number of aromatic nitrogens is 3. The first-order chi connectivity index (χ1) is 8.60. The Hall–Kier alpha value is -1.42. The smallest absolute Gasteiger partial charge is 0.111 e. The van der Waals surface area contributed by atoms with Gasteiger partial charge in [0.05, 0.1) is 17.4 Å². The zero-order chi connectivity index (χ0) is 12.8. The van der Waals surface area contributed by atoms with Gasteiger partial charge in [-0.2, -0.15) is 0 Å². The second-order valence-corrected chi connectivity index (χ2v) is 5.56. The standard InChI is InChI=1S/C14H20N4/c1-10-16-9-12-8-13(17-11(2)18(10)12)14(3)4-6-15-7-5-14/h8-9,15H,4-7H2,1-3H3. The van der Waals surface area contributed by atoms with Gasteiger partial charge in [-0.25, -0.2) is 9.97 Å². The molecule has 0 aliphatic carbocycles. The van der Waals surface area contributed by atoms with Gasteiger partial charge in [0.1, 0.15) is 11.6 Å². The Morgan fingerprint density at radius 3 is 2.67 bits per heavy atom. The van der Waals surface area contributed by atoms with E-state index in [0.29, 0.717) is 0 Å². The second-order valence-electron chi connectivity index (χ2n) is 5.56. The lowest BCUT2D eigenvalue weighted by atomic mass is 9.78. The highest BCUT2D eigenvalue weighted by molar-refractivity contribution is 5.49. The highest BCUT2D eigenvalue weighted by Gasteiger charge is 2.30. The van der Waals surface area contributed by atoms with Crippen LogP contribution in [0.2, 0.25) is 0 Å². The molecule has 4 heteroatoms. The third kappa shape index (κ3) is 1.72. The van der Waals surface area contributed by atoms with Gasteiger partial charge in [-0.15, -0.1) is 0 Å². The van der Waals surface area contributed by atoms with E-state index in [9.17, 15) is 0 Å². The van der Waals surface area contributed by atoms with Gasteiger partial charge in [0.25, 0.3) is 0 Å². The van der Waals surface area contributed by atoms with Crippen LogP contribution in [0.3, 0.4) is 0 Å². The molecule has 1 aliphatic heterocycles. The molecule has 3 rings (SSSR count). The SMILES string of the molecule is Cc1ncc2cc(C3(C)CCNCC3)nc(C)n12. The van der Waals surface area contributed by atoms with E-state index < -0.39 is 0 Å². The lowest BCUT2D eigenvalue weighted by molar-refractivity contribution is 0.327. The molecule has 0 unspecified atom stereocenters. The minimum Gasteiger partial charge on any atom is -0.317 e. The van der Waals surface area contributed by atoms with E-state index in [2.05, 4.69) is 34.6 Å². The van der Waals surface area contributed by atoms with Gasteiger partial charge >= 0.3 is 0 Å². The van der Waals surface area contributed by atoms with Gasteiger partial charge in [0, 0.05) is 5.41 Å². The molecule has 2 aromatic heterocycles. The maximum absolute atomic E-state index is 4.82. The Balaban J connectivity index is 2.12. The summed E-state index contributed by atoms with van der Waals surface area (Å²) in [6.07, 6.45) is 4.25. The zero-order valence-corrected chi connectivity index (χ0v) is 11.3. The summed E-state index contributed by atoms with van der Waals surface area (Å²) in [5.74, 6) is 2.05. The number of nitrogens with zero attached hydrogens (tertiary/aromatic N) is 3. The van der Waals surface area contributed by atoms with Crippen LogP contribution in [0.5, 0.6) is 0 Å². The summed E-state index contributed by atoms with van der Waals surface area (Å²) in [5.41, 5.74) is 2.58. The highest BCUT2D eigenvalue weighted by Crippen LogP contribution is 2.32. The molecule has 0 aromatic carbocycles. The Morgan fingerprint density at radius 1 is 1.22 bits per heavy atom. The molecule has 1 fully saturated rings. The molecule has 0 bridgehead atoms. The Kier molecular flexibility index (Phi) is 2.63. The lowest BCUT2D eigenvalue weighted by Gasteiger charge is -2.33. The van der Waals surface area contributed by atoms with Crippen LogP contribution in [0.25, 0.3) is 5.52 Å². The largest absolute Gasteiger partial charge is 0.317 e. The average molecular weight is 244 g/mol. The molecule has 0 amide bonds. The summed E-state index contributed by atoms with van der Waals surface area (Å²) in [5, 5.41) is 3.42. The third-order valence-corrected chi connectivity index (χ3v) is 4.18. The van der Waals surface area contributed by atoms with Crippen molar-refractivity contribution in [1.82, 2.24) is 19.7 Å². The van der Waals surface area contributed by atoms with E-state index in [1.54, 1.807) is 0 Å². The van der Waals surface area contributed by atoms with E-state index >= 15 is 0 Å². The van der Waals surface area contributed by atoms with Crippen molar-refractivity contribution >= 4 is 5.52 Å². The second kappa shape index (κ2) is 4.05. The predicted molar refractivity (Wildman–Crippen MR) is 71.9 cm³/mol. The van der Waals surface area contributed by atoms with Crippen molar-refractivity contribution in [3.63, 3.8) is 0 Å². The molecule has 0 radical (unpaired) electrons. The number of nitrogens with one attached hydrogen (secondary N) is 1. The van der Waals surface area contributed by atoms with Crippen LogP contribution in [0.1, 0.15) is 37.1 Å². The van der Waals surface area contributed by atoms with Crippen LogP contribution in [-0.2, 0) is 5.41 Å². The summed E-state index contributed by atoms with van der Waals surface area (Å²) in [6.45, 7) is 8.58. The number of aryl methyl sites for hydroxylation is 2. The number of hydrogen-bond acceptors (Lipinski definition) is 3. The minimum atomic E-state index is 0.204. The van der Waals surface area contributed by atoms with Crippen LogP contribution in [0.15, 0.2) is 12.3 Å². The lowest BCUT2D eigenvalue weighted by Crippen LogP contribution is -2.38. The van der Waals surface area contributed by atoms with E-state index in [-0.39, 0.29) is 5.41 Å². The molecule has 96 valence electrons. The topological polar surface area (TPSA) is 42.2 Å². The van der Waals surface area contributed by atoms with Crippen LogP contribution < -0.4 is 5.32 Å². The van der Waals surface area contributed by atoms with Crippen molar-refractivity contribution in [2.75, 3.05) is 13.1 Å². The van der Waals surface area contributed by atoms with Crippen molar-refractivity contribution < 1.29 is 0 Å². The Morgan fingerprint density at radius 2 is 1.94 bits per heavy atom. The summed E-state index contributed by atoms with van der Waals surface area (Å²) in [7, 11) is 0. The fraction of sp³-hybridized carbons (Fsp3) is 0.571. The van der Waals surface area contributed by atoms with Gasteiger partial charge in [0.2, 0.25) is 0 Å². The molecule has 2 aromatic rings. The fourth-order valence-electron chi connectivity index (χ4n) is 2.93. The Labute approximate surface area is 107 Å². The van der Waals surface area contributed by atoms with E-state index in [4.69, 9.17) is 4.98 Å². The van der Waals surface area contributed by atoms with E-state index in [1.807, 2.05) is 13.1 Å². The summed E-state index contributed by atoms with van der Waals surface area (Å²) < 4.78 is 2.12. The average Bonchev–Trinajstić information content (AvgIpc) is 2.72. The molecular formula is C14H20N4. The van der Waals surface area contributed by atoms with Crippen molar-refractivity contribution in [3.05, 3.63) is 29.6 Å². The first-order valence-corrected chi connectivity index (χ1v) is 6.63. The van der Waals surface area contributed by atoms with Gasteiger partial charge in [-0.05, 0) is 45.8 Å². The molecule has 0 saturated carbocycles. The Bertz CT molecular complexity index is 579. The fourth-order valence-corrected chi connectivity index (χ4v) is 2.93. The molecular weight excluding hydrogens is 224 g/mol. The zero-order valence-electron chi connectivity index (χ0n) is 11.3. The van der Waals surface area contributed by atoms with Crippen molar-refractivity contribution in [2.24, 2.45) is 0 Å². The van der Waals surface area contributed by atoms with Crippen LogP contribution in [-0.4, -0.2) is 27.5 Å². The van der Waals surface area contributed by atoms with Crippen LogP contribution in [0.4, 0.5) is 0 Å². The number of imidazole rings is 1. The molecule has 0 spiro atoms. The summed E-state index contributed by atoms with van der Waals surface area (Å²) in [6, 6.07) is 2.21. The van der Waals surface area contributed by atoms with Crippen molar-refractivity contribution in [3.8, 4) is 0 Å². The maximum Gasteiger partial charge on any atom is 0.111 e. The van der Waals surface area contributed by atoms with E-state index in [1.165, 1.54) is 5.69 Å². The summed E-state index contributed by atoms with van der Waals surface area (Å²) >= 11 is 0. The number of piperidine rings is 1. The maximum atomic E-state index is 4.82. The normalized spacial score (nSPS) is 19.3. The number of hydrogen-bond donors (Lipinski definition) is 1. The summed E-state index contributed by atoms with van der Waals surface area (Å²) in [4.78, 5) is 9.20. The molecule has 1 saturated heterocycles. The molecule has 3 heterocycles. The third-order valence-electron chi connectivity index (χ3n) is 4.18. The monoisotopic (exact) mass is 244 g/mol. The first-order valence-electron chi connectivity index (χ1n) is 6.63.